The van der Waals surface area contributed by atoms with Gasteiger partial charge in [0.25, 0.3) is 5.69 Å². The van der Waals surface area contributed by atoms with Gasteiger partial charge in [0, 0.05) is 24.5 Å². The first-order valence-corrected chi connectivity index (χ1v) is 10.8. The third kappa shape index (κ3) is 4.64. The Bertz CT molecular complexity index is 1050. The fourth-order valence-electron chi connectivity index (χ4n) is 3.05. The third-order valence-electron chi connectivity index (χ3n) is 4.59. The van der Waals surface area contributed by atoms with Crippen molar-refractivity contribution in [3.8, 4) is 0 Å². The number of non-ortho nitro benzene ring substituents is 1. The Morgan fingerprint density at radius 2 is 1.53 bits per heavy atom. The van der Waals surface area contributed by atoms with Crippen molar-refractivity contribution in [2.24, 2.45) is 0 Å². The minimum atomic E-state index is -3.75. The molecule has 3 aromatic carbocycles. The average Bonchev–Trinajstić information content (AvgIpc) is 2.79. The summed E-state index contributed by atoms with van der Waals surface area (Å²) < 4.78 is 24.8. The molecular formula is C22H20NO6P. The largest absolute Gasteiger partial charge is 0.460 e. The second-order valence-electron chi connectivity index (χ2n) is 6.46. The van der Waals surface area contributed by atoms with Crippen LogP contribution in [0.1, 0.15) is 16.8 Å². The van der Waals surface area contributed by atoms with Gasteiger partial charge in [-0.2, -0.15) is 0 Å². The average molecular weight is 425 g/mol. The molecule has 2 unspecified atom stereocenters. The van der Waals surface area contributed by atoms with Crippen molar-refractivity contribution in [3.63, 3.8) is 0 Å². The van der Waals surface area contributed by atoms with Crippen LogP contribution < -0.4 is 5.30 Å². The van der Waals surface area contributed by atoms with E-state index in [0.29, 0.717) is 10.9 Å². The molecule has 0 fully saturated rings. The number of carbonyl (C=O) groups is 1. The summed E-state index contributed by atoms with van der Waals surface area (Å²) in [5.41, 5.74) is -0.315. The standard InChI is InChI=1S/C22H20NO6P/c1-28-30(27,20-10-6-3-7-11-20)21(18-12-14-19(15-13-18)23(25)26)22(24)29-16-17-8-4-2-5-9-17/h2-15,21H,16H2,1H3. The number of benzene rings is 3. The molecule has 0 aliphatic heterocycles. The number of rotatable bonds is 8. The maximum absolute atomic E-state index is 13.9. The van der Waals surface area contributed by atoms with E-state index in [9.17, 15) is 19.5 Å². The van der Waals surface area contributed by atoms with E-state index in [-0.39, 0.29) is 12.3 Å². The van der Waals surface area contributed by atoms with Crippen LogP contribution in [0.4, 0.5) is 5.69 Å². The van der Waals surface area contributed by atoms with Crippen LogP contribution in [0.3, 0.4) is 0 Å². The molecule has 7 nitrogen and oxygen atoms in total. The Balaban J connectivity index is 2.00. The molecule has 0 N–H and O–H groups in total. The molecule has 3 aromatic rings. The number of hydrogen-bond acceptors (Lipinski definition) is 6. The molecule has 2 atom stereocenters. The van der Waals surface area contributed by atoms with E-state index in [0.717, 1.165) is 5.56 Å². The molecule has 154 valence electrons. The van der Waals surface area contributed by atoms with Gasteiger partial charge in [-0.15, -0.1) is 0 Å². The predicted molar refractivity (Wildman–Crippen MR) is 113 cm³/mol. The molecule has 0 aromatic heterocycles. The molecule has 3 rings (SSSR count). The monoisotopic (exact) mass is 425 g/mol. The number of ether oxygens (including phenoxy) is 1. The molecule has 0 heterocycles. The van der Waals surface area contributed by atoms with Gasteiger partial charge in [0.2, 0.25) is 7.37 Å². The van der Waals surface area contributed by atoms with Crippen molar-refractivity contribution < 1.29 is 23.5 Å². The van der Waals surface area contributed by atoms with Gasteiger partial charge in [-0.3, -0.25) is 19.5 Å². The van der Waals surface area contributed by atoms with E-state index in [1.165, 1.54) is 31.4 Å². The van der Waals surface area contributed by atoms with E-state index >= 15 is 0 Å². The van der Waals surface area contributed by atoms with Crippen LogP contribution in [0, 0.1) is 10.1 Å². The lowest BCUT2D eigenvalue weighted by atomic mass is 10.1. The van der Waals surface area contributed by atoms with Crippen LogP contribution in [0.25, 0.3) is 0 Å². The summed E-state index contributed by atoms with van der Waals surface area (Å²) in [6.45, 7) is 0.00165. The molecule has 0 saturated carbocycles. The highest BCUT2D eigenvalue weighted by Gasteiger charge is 2.43. The second kappa shape index (κ2) is 9.48. The molecule has 8 heteroatoms. The molecular weight excluding hydrogens is 405 g/mol. The lowest BCUT2D eigenvalue weighted by Gasteiger charge is -2.25. The van der Waals surface area contributed by atoms with Gasteiger partial charge in [-0.05, 0) is 23.3 Å². The Labute approximate surface area is 173 Å². The van der Waals surface area contributed by atoms with Crippen LogP contribution in [0.2, 0.25) is 0 Å². The normalized spacial score (nSPS) is 13.8. The van der Waals surface area contributed by atoms with Crippen LogP contribution in [-0.4, -0.2) is 18.0 Å². The van der Waals surface area contributed by atoms with Gasteiger partial charge in [0.05, 0.1) is 4.92 Å². The highest BCUT2D eigenvalue weighted by Crippen LogP contribution is 2.59. The van der Waals surface area contributed by atoms with Crippen molar-refractivity contribution in [1.29, 1.82) is 0 Å². The second-order valence-corrected chi connectivity index (χ2v) is 9.05. The van der Waals surface area contributed by atoms with E-state index in [1.807, 2.05) is 18.2 Å². The van der Waals surface area contributed by atoms with Crippen LogP contribution in [0.5, 0.6) is 0 Å². The Kier molecular flexibility index (Phi) is 6.77. The zero-order valence-electron chi connectivity index (χ0n) is 16.2. The smallest absolute Gasteiger partial charge is 0.324 e. The van der Waals surface area contributed by atoms with Gasteiger partial charge >= 0.3 is 5.97 Å². The zero-order valence-corrected chi connectivity index (χ0v) is 17.1. The molecule has 0 spiro atoms. The molecule has 0 bridgehead atoms. The lowest BCUT2D eigenvalue weighted by Crippen LogP contribution is -2.22. The summed E-state index contributed by atoms with van der Waals surface area (Å²) in [5, 5.41) is 11.3. The van der Waals surface area contributed by atoms with E-state index < -0.39 is 23.9 Å². The van der Waals surface area contributed by atoms with Crippen molar-refractivity contribution in [1.82, 2.24) is 0 Å². The third-order valence-corrected chi connectivity index (χ3v) is 7.34. The number of carbonyl (C=O) groups excluding carboxylic acids is 1. The number of hydrogen-bond donors (Lipinski definition) is 0. The Morgan fingerprint density at radius 1 is 0.967 bits per heavy atom. The fourth-order valence-corrected chi connectivity index (χ4v) is 5.28. The number of nitro benzene ring substituents is 1. The first-order chi connectivity index (χ1) is 14.5. The Hall–Kier alpha value is -3.28. The number of nitrogens with zero attached hydrogens (tertiary/aromatic N) is 1. The summed E-state index contributed by atoms with van der Waals surface area (Å²) in [7, 11) is -2.47. The van der Waals surface area contributed by atoms with E-state index in [4.69, 9.17) is 9.26 Å². The highest BCUT2D eigenvalue weighted by atomic mass is 31.2. The maximum Gasteiger partial charge on any atom is 0.324 e. The quantitative estimate of drug-likeness (QED) is 0.226. The van der Waals surface area contributed by atoms with Gasteiger partial charge in [0.15, 0.2) is 5.66 Å². The SMILES string of the molecule is COP(=O)(c1ccccc1)C(C(=O)OCc1ccccc1)c1ccc([N+](=O)[O-])cc1. The summed E-state index contributed by atoms with van der Waals surface area (Å²) >= 11 is 0. The van der Waals surface area contributed by atoms with Crippen LogP contribution in [0.15, 0.2) is 84.9 Å². The van der Waals surface area contributed by atoms with Gasteiger partial charge in [-0.1, -0.05) is 60.7 Å². The summed E-state index contributed by atoms with van der Waals surface area (Å²) in [6.07, 6.45) is 0. The molecule has 0 aliphatic carbocycles. The summed E-state index contributed by atoms with van der Waals surface area (Å²) in [5.74, 6) is -0.734. The van der Waals surface area contributed by atoms with Gasteiger partial charge in [0.1, 0.15) is 6.61 Å². The van der Waals surface area contributed by atoms with Crippen LogP contribution in [-0.2, 0) is 25.2 Å². The number of nitro groups is 1. The maximum atomic E-state index is 13.9. The molecule has 0 amide bonds. The molecule has 0 saturated heterocycles. The zero-order chi connectivity index (χ0) is 21.6. The van der Waals surface area contributed by atoms with E-state index in [2.05, 4.69) is 0 Å². The van der Waals surface area contributed by atoms with Crippen molar-refractivity contribution >= 4 is 24.3 Å². The summed E-state index contributed by atoms with van der Waals surface area (Å²) in [6, 6.07) is 22.8. The first-order valence-electron chi connectivity index (χ1n) is 9.11. The summed E-state index contributed by atoms with van der Waals surface area (Å²) in [4.78, 5) is 23.5. The van der Waals surface area contributed by atoms with Crippen molar-refractivity contribution in [3.05, 3.63) is 106 Å². The van der Waals surface area contributed by atoms with Gasteiger partial charge in [-0.25, -0.2) is 0 Å². The lowest BCUT2D eigenvalue weighted by molar-refractivity contribution is -0.384. The Morgan fingerprint density at radius 3 is 2.07 bits per heavy atom. The predicted octanol–water partition coefficient (Wildman–Crippen LogP) is 4.63. The van der Waals surface area contributed by atoms with Crippen molar-refractivity contribution in [2.75, 3.05) is 7.11 Å². The van der Waals surface area contributed by atoms with Crippen molar-refractivity contribution in [2.45, 2.75) is 12.3 Å². The molecule has 0 radical (unpaired) electrons. The molecule has 30 heavy (non-hydrogen) atoms. The minimum Gasteiger partial charge on any atom is -0.460 e. The number of esters is 1. The molecule has 0 aliphatic rings. The van der Waals surface area contributed by atoms with Gasteiger partial charge < -0.3 is 9.26 Å². The highest BCUT2D eigenvalue weighted by molar-refractivity contribution is 7.68. The fraction of sp³-hybridized carbons (Fsp3) is 0.136. The minimum absolute atomic E-state index is 0.00165. The topological polar surface area (TPSA) is 95.7 Å². The van der Waals surface area contributed by atoms with Crippen LogP contribution >= 0.6 is 7.37 Å². The van der Waals surface area contributed by atoms with E-state index in [1.54, 1.807) is 42.5 Å². The first kappa shape index (κ1) is 21.4.